The van der Waals surface area contributed by atoms with Gasteiger partial charge in [-0.2, -0.15) is 0 Å². The summed E-state index contributed by atoms with van der Waals surface area (Å²) < 4.78 is 13.2. The maximum absolute atomic E-state index is 12.9. The van der Waals surface area contributed by atoms with Crippen molar-refractivity contribution < 1.29 is 14.3 Å². The molecule has 1 unspecified atom stereocenters. The summed E-state index contributed by atoms with van der Waals surface area (Å²) in [6, 6.07) is 15.5. The van der Waals surface area contributed by atoms with Crippen LogP contribution < -0.4 is 14.4 Å². The lowest BCUT2D eigenvalue weighted by molar-refractivity contribution is -0.116. The molecule has 4 rings (SSSR count). The Bertz CT molecular complexity index is 1100. The second kappa shape index (κ2) is 9.91. The van der Waals surface area contributed by atoms with Crippen LogP contribution in [-0.4, -0.2) is 40.1 Å². The molecule has 0 spiro atoms. The Balaban J connectivity index is 1.44. The summed E-state index contributed by atoms with van der Waals surface area (Å²) in [5.41, 5.74) is 2.22. The minimum Gasteiger partial charge on any atom is -0.497 e. The van der Waals surface area contributed by atoms with Crippen molar-refractivity contribution in [3.8, 4) is 11.5 Å². The molecule has 32 heavy (non-hydrogen) atoms. The van der Waals surface area contributed by atoms with Crippen LogP contribution in [0.3, 0.4) is 0 Å². The number of methoxy groups -OCH3 is 1. The van der Waals surface area contributed by atoms with Crippen LogP contribution in [0.15, 0.2) is 66.3 Å². The number of aromatic nitrogens is 3. The second-order valence-electron chi connectivity index (χ2n) is 7.39. The highest BCUT2D eigenvalue weighted by molar-refractivity contribution is 7.99. The molecule has 1 aliphatic rings. The van der Waals surface area contributed by atoms with Crippen molar-refractivity contribution >= 4 is 23.4 Å². The first-order chi connectivity index (χ1) is 15.6. The number of para-hydroxylation sites is 1. The van der Waals surface area contributed by atoms with Gasteiger partial charge in [0, 0.05) is 18.8 Å². The summed E-state index contributed by atoms with van der Waals surface area (Å²) >= 11 is 1.38. The molecular formula is C24H26N4O3S. The van der Waals surface area contributed by atoms with E-state index < -0.39 is 0 Å². The zero-order valence-corrected chi connectivity index (χ0v) is 19.0. The first kappa shape index (κ1) is 22.0. The lowest BCUT2D eigenvalue weighted by Gasteiger charge is -2.18. The molecule has 0 aliphatic carbocycles. The molecule has 1 amide bonds. The van der Waals surface area contributed by atoms with Crippen molar-refractivity contribution in [2.24, 2.45) is 0 Å². The molecule has 7 nitrogen and oxygen atoms in total. The van der Waals surface area contributed by atoms with Crippen molar-refractivity contribution in [2.75, 3.05) is 24.3 Å². The summed E-state index contributed by atoms with van der Waals surface area (Å²) in [6.45, 7) is 7.02. The Morgan fingerprint density at radius 2 is 1.94 bits per heavy atom. The Kier molecular flexibility index (Phi) is 6.80. The quantitative estimate of drug-likeness (QED) is 0.358. The molecule has 8 heteroatoms. The fourth-order valence-electron chi connectivity index (χ4n) is 3.72. The van der Waals surface area contributed by atoms with Crippen LogP contribution in [0.25, 0.3) is 0 Å². The number of carbonyl (C=O) groups is 1. The highest BCUT2D eigenvalue weighted by Gasteiger charge is 2.25. The van der Waals surface area contributed by atoms with Crippen molar-refractivity contribution in [3.63, 3.8) is 0 Å². The summed E-state index contributed by atoms with van der Waals surface area (Å²) in [5, 5.41) is 9.34. The maximum atomic E-state index is 12.9. The van der Waals surface area contributed by atoms with E-state index in [1.165, 1.54) is 17.3 Å². The number of ether oxygens (including phenoxy) is 2. The van der Waals surface area contributed by atoms with Gasteiger partial charge in [-0.05, 0) is 49.2 Å². The molecule has 1 aromatic heterocycles. The van der Waals surface area contributed by atoms with E-state index in [0.29, 0.717) is 23.3 Å². The number of anilines is 1. The number of hydrogen-bond donors (Lipinski definition) is 0. The minimum atomic E-state index is -0.327. The average Bonchev–Trinajstić information content (AvgIpc) is 3.42. The lowest BCUT2D eigenvalue weighted by Crippen LogP contribution is -2.30. The van der Waals surface area contributed by atoms with Gasteiger partial charge >= 0.3 is 0 Å². The third kappa shape index (κ3) is 4.65. The predicted octanol–water partition coefficient (Wildman–Crippen LogP) is 4.29. The van der Waals surface area contributed by atoms with Crippen LogP contribution in [-0.2, 0) is 17.8 Å². The van der Waals surface area contributed by atoms with E-state index in [9.17, 15) is 4.79 Å². The summed E-state index contributed by atoms with van der Waals surface area (Å²) in [6.07, 6.45) is 2.35. The van der Waals surface area contributed by atoms with E-state index in [2.05, 4.69) is 22.8 Å². The number of rotatable bonds is 9. The fraction of sp³-hybridized carbons (Fsp3) is 0.292. The molecule has 0 saturated carbocycles. The average molecular weight is 451 g/mol. The summed E-state index contributed by atoms with van der Waals surface area (Å²) in [4.78, 5) is 14.7. The van der Waals surface area contributed by atoms with Gasteiger partial charge in [0.25, 0.3) is 0 Å². The molecule has 0 N–H and O–H groups in total. The third-order valence-corrected chi connectivity index (χ3v) is 6.26. The number of thioether (sulfide) groups is 1. The number of allylic oxidation sites excluding steroid dienone is 1. The molecule has 2 aromatic carbocycles. The maximum Gasteiger partial charge on any atom is 0.237 e. The van der Waals surface area contributed by atoms with Crippen LogP contribution in [0.4, 0.5) is 5.69 Å². The smallest absolute Gasteiger partial charge is 0.237 e. The highest BCUT2D eigenvalue weighted by Crippen LogP contribution is 2.30. The molecule has 1 atom stereocenters. The van der Waals surface area contributed by atoms with Crippen LogP contribution in [0.2, 0.25) is 0 Å². The van der Waals surface area contributed by atoms with Crippen molar-refractivity contribution in [3.05, 3.63) is 72.6 Å². The SMILES string of the molecule is C=CCn1c(SCC(=O)N2CCc3ccccc32)nnc1C(C)Oc1ccc(OC)cc1. The van der Waals surface area contributed by atoms with Gasteiger partial charge in [0.05, 0.1) is 12.9 Å². The number of benzene rings is 2. The molecule has 0 radical (unpaired) electrons. The summed E-state index contributed by atoms with van der Waals surface area (Å²) in [7, 11) is 1.63. The van der Waals surface area contributed by atoms with Gasteiger partial charge in [0.2, 0.25) is 5.91 Å². The number of carbonyl (C=O) groups excluding carboxylic acids is 1. The number of nitrogens with zero attached hydrogens (tertiary/aromatic N) is 4. The Morgan fingerprint density at radius 3 is 2.69 bits per heavy atom. The highest BCUT2D eigenvalue weighted by atomic mass is 32.2. The van der Waals surface area contributed by atoms with Crippen LogP contribution in [0.5, 0.6) is 11.5 Å². The van der Waals surface area contributed by atoms with Crippen molar-refractivity contribution in [2.45, 2.75) is 31.1 Å². The molecule has 2 heterocycles. The molecule has 0 bridgehead atoms. The van der Waals surface area contributed by atoms with Gasteiger partial charge in [-0.1, -0.05) is 36.0 Å². The van der Waals surface area contributed by atoms with Gasteiger partial charge in [-0.15, -0.1) is 16.8 Å². The third-order valence-electron chi connectivity index (χ3n) is 5.31. The molecule has 1 aliphatic heterocycles. The van der Waals surface area contributed by atoms with Crippen LogP contribution >= 0.6 is 11.8 Å². The molecule has 0 fully saturated rings. The zero-order valence-electron chi connectivity index (χ0n) is 18.2. The van der Waals surface area contributed by atoms with E-state index in [1.54, 1.807) is 13.2 Å². The Labute approximate surface area is 192 Å². The number of fused-ring (bicyclic) bond motifs is 1. The van der Waals surface area contributed by atoms with Gasteiger partial charge in [-0.25, -0.2) is 0 Å². The molecule has 0 saturated heterocycles. The Hall–Kier alpha value is -3.26. The molecular weight excluding hydrogens is 424 g/mol. The summed E-state index contributed by atoms with van der Waals surface area (Å²) in [5.74, 6) is 2.52. The van der Waals surface area contributed by atoms with Gasteiger partial charge < -0.3 is 14.4 Å². The van der Waals surface area contributed by atoms with E-state index in [0.717, 1.165) is 24.4 Å². The van der Waals surface area contributed by atoms with E-state index in [1.807, 2.05) is 58.9 Å². The van der Waals surface area contributed by atoms with Crippen molar-refractivity contribution in [1.29, 1.82) is 0 Å². The normalized spacial score (nSPS) is 13.5. The van der Waals surface area contributed by atoms with E-state index in [4.69, 9.17) is 9.47 Å². The van der Waals surface area contributed by atoms with Gasteiger partial charge in [0.1, 0.15) is 11.5 Å². The molecule has 3 aromatic rings. The fourth-order valence-corrected chi connectivity index (χ4v) is 4.55. The second-order valence-corrected chi connectivity index (χ2v) is 8.33. The largest absolute Gasteiger partial charge is 0.497 e. The monoisotopic (exact) mass is 450 g/mol. The van der Waals surface area contributed by atoms with Crippen molar-refractivity contribution in [1.82, 2.24) is 14.8 Å². The first-order valence-electron chi connectivity index (χ1n) is 10.5. The van der Waals surface area contributed by atoms with Crippen LogP contribution in [0.1, 0.15) is 24.4 Å². The number of hydrogen-bond acceptors (Lipinski definition) is 6. The minimum absolute atomic E-state index is 0.0668. The standard InChI is InChI=1S/C24H26N4O3S/c1-4-14-28-23(17(2)31-20-11-9-19(30-3)10-12-20)25-26-24(28)32-16-22(29)27-15-13-18-7-5-6-8-21(18)27/h4-12,17H,1,13-16H2,2-3H3. The Morgan fingerprint density at radius 1 is 1.19 bits per heavy atom. The molecule has 166 valence electrons. The van der Waals surface area contributed by atoms with Crippen LogP contribution in [0, 0.1) is 0 Å². The zero-order chi connectivity index (χ0) is 22.5. The van der Waals surface area contributed by atoms with Gasteiger partial charge in [-0.3, -0.25) is 9.36 Å². The predicted molar refractivity (Wildman–Crippen MR) is 125 cm³/mol. The van der Waals surface area contributed by atoms with Gasteiger partial charge in [0.15, 0.2) is 17.1 Å². The number of amides is 1. The van der Waals surface area contributed by atoms with E-state index in [-0.39, 0.29) is 17.8 Å². The van der Waals surface area contributed by atoms with E-state index >= 15 is 0 Å². The lowest BCUT2D eigenvalue weighted by atomic mass is 10.2. The first-order valence-corrected chi connectivity index (χ1v) is 11.4. The topological polar surface area (TPSA) is 69.5 Å².